The summed E-state index contributed by atoms with van der Waals surface area (Å²) >= 11 is 0. The topological polar surface area (TPSA) is 4.93 Å². The molecular formula is C66H57N. The molecule has 67 heavy (non-hydrogen) atoms. The fraction of sp³-hybridized carbons (Fsp3) is 0.0909. The molecule has 0 saturated carbocycles. The zero-order valence-electron chi connectivity index (χ0n) is 39.5. The summed E-state index contributed by atoms with van der Waals surface area (Å²) in [4.78, 5) is 0. The maximum Gasteiger partial charge on any atom is 0.0541 e. The standard InChI is InChI=1S/C43H29N.C14H14.C7H8.C2H6/c1-28-17-19-29(20-18-28)31-22-24-43-41(27-31)39-15-6-7-16-42(39)44(43)33-10-8-9-30(25-33)32-21-23-38-36-13-3-2-11-34(36)35-12-4-5-14-37(35)40(38)26-32;1-11-7-3-5-9-13(11)14-10-6-4-8-12(14)2;1-7-5-3-2-4-6-7;1-2/h2-27H,1H3;3-10H,1-2H3;2-6H,1H3;1-2H3. The van der Waals surface area contributed by atoms with Gasteiger partial charge in [-0.05, 0) is 141 Å². The lowest BCUT2D eigenvalue weighted by atomic mass is 9.92. The molecule has 0 N–H and O–H groups in total. The predicted octanol–water partition coefficient (Wildman–Crippen LogP) is 18.9. The Balaban J connectivity index is 0.000000201. The summed E-state index contributed by atoms with van der Waals surface area (Å²) in [5.74, 6) is 0. The van der Waals surface area contributed by atoms with Crippen molar-refractivity contribution >= 4 is 54.1 Å². The third kappa shape index (κ3) is 9.15. The molecule has 1 aromatic heterocycles. The highest BCUT2D eigenvalue weighted by Crippen LogP contribution is 2.39. The van der Waals surface area contributed by atoms with E-state index in [0.29, 0.717) is 0 Å². The average Bonchev–Trinajstić information content (AvgIpc) is 3.72. The second-order valence-corrected chi connectivity index (χ2v) is 17.1. The molecule has 0 radical (unpaired) electrons. The number of hydrogen-bond acceptors (Lipinski definition) is 0. The van der Waals surface area contributed by atoms with Gasteiger partial charge in [0.1, 0.15) is 0 Å². The molecule has 1 heterocycles. The Morgan fingerprint density at radius 1 is 0.254 bits per heavy atom. The molecule has 0 unspecified atom stereocenters. The van der Waals surface area contributed by atoms with E-state index in [1.807, 2.05) is 32.0 Å². The van der Waals surface area contributed by atoms with Crippen molar-refractivity contribution in [1.82, 2.24) is 4.57 Å². The van der Waals surface area contributed by atoms with Crippen molar-refractivity contribution in [3.05, 3.63) is 259 Å². The van der Waals surface area contributed by atoms with E-state index in [9.17, 15) is 0 Å². The highest BCUT2D eigenvalue weighted by molar-refractivity contribution is 6.25. The summed E-state index contributed by atoms with van der Waals surface area (Å²) < 4.78 is 2.41. The third-order valence-corrected chi connectivity index (χ3v) is 12.8. The largest absolute Gasteiger partial charge is 0.309 e. The van der Waals surface area contributed by atoms with Gasteiger partial charge in [0.15, 0.2) is 0 Å². The molecule has 0 aliphatic carbocycles. The maximum atomic E-state index is 2.41. The SMILES string of the molecule is CC.Cc1ccc(-c2ccc3c(c2)c2ccccc2n3-c2cccc(-c3ccc4c5ccccc5c5ccccc5c4c3)c2)cc1.Cc1ccccc1.Cc1ccccc1-c1ccccc1C. The molecule has 12 aromatic rings. The Kier molecular flexibility index (Phi) is 13.2. The predicted molar refractivity (Wildman–Crippen MR) is 293 cm³/mol. The Morgan fingerprint density at radius 3 is 1.25 bits per heavy atom. The second-order valence-electron chi connectivity index (χ2n) is 17.1. The van der Waals surface area contributed by atoms with E-state index in [4.69, 9.17) is 0 Å². The molecule has 0 fully saturated rings. The summed E-state index contributed by atoms with van der Waals surface area (Å²) in [5.41, 5.74) is 16.5. The molecule has 1 heteroatoms. The van der Waals surface area contributed by atoms with Crippen LogP contribution in [0.1, 0.15) is 36.1 Å². The highest BCUT2D eigenvalue weighted by atomic mass is 15.0. The van der Waals surface area contributed by atoms with Crippen LogP contribution in [0.25, 0.3) is 93.2 Å². The summed E-state index contributed by atoms with van der Waals surface area (Å²) in [6.07, 6.45) is 0. The van der Waals surface area contributed by atoms with Crippen LogP contribution in [0, 0.1) is 27.7 Å². The molecule has 1 nitrogen and oxygen atoms in total. The first kappa shape index (κ1) is 44.2. The lowest BCUT2D eigenvalue weighted by molar-refractivity contribution is 1.18. The van der Waals surface area contributed by atoms with Gasteiger partial charge in [0.2, 0.25) is 0 Å². The maximum absolute atomic E-state index is 2.41. The summed E-state index contributed by atoms with van der Waals surface area (Å²) in [6.45, 7) is 12.5. The normalized spacial score (nSPS) is 10.8. The molecule has 0 bridgehead atoms. The van der Waals surface area contributed by atoms with Gasteiger partial charge >= 0.3 is 0 Å². The first-order chi connectivity index (χ1) is 32.9. The van der Waals surface area contributed by atoms with Crippen LogP contribution in [0.4, 0.5) is 0 Å². The van der Waals surface area contributed by atoms with Crippen molar-refractivity contribution < 1.29 is 0 Å². The number of aryl methyl sites for hydroxylation is 4. The molecule has 0 aliphatic rings. The monoisotopic (exact) mass is 863 g/mol. The number of hydrogen-bond donors (Lipinski definition) is 0. The average molecular weight is 864 g/mol. The van der Waals surface area contributed by atoms with Gasteiger partial charge in [-0.15, -0.1) is 0 Å². The number of aromatic nitrogens is 1. The van der Waals surface area contributed by atoms with E-state index < -0.39 is 0 Å². The summed E-state index contributed by atoms with van der Waals surface area (Å²) in [6, 6.07) is 85.2. The summed E-state index contributed by atoms with van der Waals surface area (Å²) in [7, 11) is 0. The fourth-order valence-electron chi connectivity index (χ4n) is 9.37. The number of rotatable bonds is 4. The van der Waals surface area contributed by atoms with Crippen LogP contribution in [-0.4, -0.2) is 4.57 Å². The molecule has 0 aliphatic heterocycles. The fourth-order valence-corrected chi connectivity index (χ4v) is 9.37. The van der Waals surface area contributed by atoms with Gasteiger partial charge in [0.25, 0.3) is 0 Å². The molecule has 0 saturated heterocycles. The van der Waals surface area contributed by atoms with Crippen LogP contribution < -0.4 is 0 Å². The van der Waals surface area contributed by atoms with Crippen molar-refractivity contribution in [2.75, 3.05) is 0 Å². The quantitative estimate of drug-likeness (QED) is 0.155. The Bertz CT molecular complexity index is 3550. The smallest absolute Gasteiger partial charge is 0.0541 e. The minimum Gasteiger partial charge on any atom is -0.309 e. The molecule has 0 spiro atoms. The third-order valence-electron chi connectivity index (χ3n) is 12.8. The first-order valence-electron chi connectivity index (χ1n) is 23.6. The molecule has 0 amide bonds. The number of nitrogens with zero attached hydrogens (tertiary/aromatic N) is 1. The first-order valence-corrected chi connectivity index (χ1v) is 23.6. The van der Waals surface area contributed by atoms with E-state index in [0.717, 1.165) is 0 Å². The van der Waals surface area contributed by atoms with Crippen molar-refractivity contribution in [2.45, 2.75) is 41.5 Å². The Morgan fingerprint density at radius 2 is 0.672 bits per heavy atom. The molecule has 0 atom stereocenters. The van der Waals surface area contributed by atoms with E-state index in [-0.39, 0.29) is 0 Å². The van der Waals surface area contributed by atoms with Crippen LogP contribution >= 0.6 is 0 Å². The molecule has 11 aromatic carbocycles. The van der Waals surface area contributed by atoms with Crippen molar-refractivity contribution in [3.63, 3.8) is 0 Å². The van der Waals surface area contributed by atoms with Crippen molar-refractivity contribution in [2.24, 2.45) is 0 Å². The number of para-hydroxylation sites is 1. The Hall–Kier alpha value is -8.00. The van der Waals surface area contributed by atoms with Gasteiger partial charge in [-0.25, -0.2) is 0 Å². The van der Waals surface area contributed by atoms with Crippen LogP contribution in [0.15, 0.2) is 237 Å². The zero-order valence-corrected chi connectivity index (χ0v) is 39.5. The van der Waals surface area contributed by atoms with Gasteiger partial charge in [-0.3, -0.25) is 0 Å². The highest BCUT2D eigenvalue weighted by Gasteiger charge is 2.15. The van der Waals surface area contributed by atoms with E-state index in [2.05, 4.69) is 251 Å². The summed E-state index contributed by atoms with van der Waals surface area (Å²) in [5, 5.41) is 10.3. The zero-order chi connectivity index (χ0) is 46.3. The van der Waals surface area contributed by atoms with E-state index in [1.54, 1.807) is 0 Å². The van der Waals surface area contributed by atoms with Crippen LogP contribution in [0.3, 0.4) is 0 Å². The lowest BCUT2D eigenvalue weighted by Crippen LogP contribution is -1.94. The van der Waals surface area contributed by atoms with Gasteiger partial charge in [-0.2, -0.15) is 0 Å². The molecule has 12 rings (SSSR count). The van der Waals surface area contributed by atoms with E-state index >= 15 is 0 Å². The van der Waals surface area contributed by atoms with Crippen molar-refractivity contribution in [3.8, 4) is 39.1 Å². The van der Waals surface area contributed by atoms with E-state index in [1.165, 1.54) is 115 Å². The second kappa shape index (κ2) is 20.0. The van der Waals surface area contributed by atoms with Gasteiger partial charge in [0, 0.05) is 16.5 Å². The van der Waals surface area contributed by atoms with Crippen LogP contribution in [-0.2, 0) is 0 Å². The lowest BCUT2D eigenvalue weighted by Gasteiger charge is -2.13. The van der Waals surface area contributed by atoms with Crippen LogP contribution in [0.5, 0.6) is 0 Å². The molecule has 326 valence electrons. The van der Waals surface area contributed by atoms with Gasteiger partial charge in [0.05, 0.1) is 11.0 Å². The van der Waals surface area contributed by atoms with Crippen molar-refractivity contribution in [1.29, 1.82) is 0 Å². The van der Waals surface area contributed by atoms with Gasteiger partial charge in [-0.1, -0.05) is 225 Å². The minimum atomic E-state index is 1.17. The van der Waals surface area contributed by atoms with Crippen LogP contribution in [0.2, 0.25) is 0 Å². The number of benzene rings is 11. The number of fused-ring (bicyclic) bond motifs is 9. The van der Waals surface area contributed by atoms with Gasteiger partial charge < -0.3 is 4.57 Å². The Labute approximate surface area is 396 Å². The minimum absolute atomic E-state index is 1.17. The molecular weight excluding hydrogens is 807 g/mol.